The Morgan fingerprint density at radius 2 is 1.72 bits per heavy atom. The second kappa shape index (κ2) is 10.9. The number of nitrogens with zero attached hydrogens (tertiary/aromatic N) is 2. The van der Waals surface area contributed by atoms with Crippen molar-refractivity contribution in [3.8, 4) is 0 Å². The van der Waals surface area contributed by atoms with Crippen molar-refractivity contribution in [2.24, 2.45) is 5.92 Å². The van der Waals surface area contributed by atoms with Crippen LogP contribution in [-0.4, -0.2) is 40.8 Å². The summed E-state index contributed by atoms with van der Waals surface area (Å²) in [6.07, 6.45) is 11.3. The van der Waals surface area contributed by atoms with Crippen molar-refractivity contribution in [2.75, 3.05) is 18.4 Å². The van der Waals surface area contributed by atoms with E-state index in [1.807, 2.05) is 12.3 Å². The fourth-order valence-corrected chi connectivity index (χ4v) is 4.75. The van der Waals surface area contributed by atoms with Gasteiger partial charge < -0.3 is 10.6 Å². The Morgan fingerprint density at radius 3 is 2.44 bits per heavy atom. The van der Waals surface area contributed by atoms with E-state index in [4.69, 9.17) is 11.6 Å². The minimum Gasteiger partial charge on any atom is -0.353 e. The lowest BCUT2D eigenvalue weighted by molar-refractivity contribution is -0.127. The normalized spacial score (nSPS) is 18.3. The van der Waals surface area contributed by atoms with Gasteiger partial charge in [0, 0.05) is 35.3 Å². The van der Waals surface area contributed by atoms with E-state index in [0.717, 1.165) is 50.9 Å². The summed E-state index contributed by atoms with van der Waals surface area (Å²) in [6, 6.07) is 9.13. The number of hydrogen-bond acceptors (Lipinski definition) is 4. The molecule has 0 spiro atoms. The second-order valence-corrected chi connectivity index (χ2v) is 9.37. The first-order valence-corrected chi connectivity index (χ1v) is 12.0. The molecule has 2 fully saturated rings. The lowest BCUT2D eigenvalue weighted by atomic mass is 9.92. The first-order valence-electron chi connectivity index (χ1n) is 11.6. The molecule has 32 heavy (non-hydrogen) atoms. The number of amides is 2. The number of carbonyl (C=O) groups excluding carboxylic acids is 2. The van der Waals surface area contributed by atoms with Crippen LogP contribution in [0.15, 0.2) is 42.7 Å². The lowest BCUT2D eigenvalue weighted by Crippen LogP contribution is -2.44. The molecular formula is C25H31ClN4O2. The Hall–Kier alpha value is -2.44. The number of piperidine rings is 1. The van der Waals surface area contributed by atoms with E-state index in [1.165, 1.54) is 19.3 Å². The van der Waals surface area contributed by atoms with Crippen molar-refractivity contribution in [3.63, 3.8) is 0 Å². The van der Waals surface area contributed by atoms with Gasteiger partial charge in [-0.25, -0.2) is 0 Å². The maximum Gasteiger partial charge on any atom is 0.255 e. The fourth-order valence-electron chi connectivity index (χ4n) is 4.62. The van der Waals surface area contributed by atoms with Gasteiger partial charge in [-0.05, 0) is 74.7 Å². The van der Waals surface area contributed by atoms with Crippen molar-refractivity contribution in [1.29, 1.82) is 0 Å². The van der Waals surface area contributed by atoms with Crippen LogP contribution in [0.3, 0.4) is 0 Å². The fraction of sp³-hybridized carbons (Fsp3) is 0.480. The highest BCUT2D eigenvalue weighted by molar-refractivity contribution is 6.30. The van der Waals surface area contributed by atoms with Gasteiger partial charge in [0.2, 0.25) is 5.91 Å². The molecule has 2 amide bonds. The zero-order valence-electron chi connectivity index (χ0n) is 18.4. The summed E-state index contributed by atoms with van der Waals surface area (Å²) in [5, 5.41) is 6.78. The molecule has 2 aliphatic rings. The van der Waals surface area contributed by atoms with Crippen LogP contribution in [0, 0.1) is 5.92 Å². The molecule has 1 saturated heterocycles. The topological polar surface area (TPSA) is 74.3 Å². The first-order chi connectivity index (χ1) is 15.6. The number of benzene rings is 1. The van der Waals surface area contributed by atoms with E-state index in [1.54, 1.807) is 30.5 Å². The monoisotopic (exact) mass is 454 g/mol. The third kappa shape index (κ3) is 6.30. The molecule has 1 aromatic carbocycles. The van der Waals surface area contributed by atoms with E-state index in [0.29, 0.717) is 22.3 Å². The molecule has 0 radical (unpaired) electrons. The van der Waals surface area contributed by atoms with Crippen LogP contribution < -0.4 is 10.6 Å². The Morgan fingerprint density at radius 1 is 1.00 bits per heavy atom. The Labute approximate surface area is 194 Å². The molecule has 1 aliphatic heterocycles. The number of hydrogen-bond donors (Lipinski definition) is 2. The van der Waals surface area contributed by atoms with Crippen LogP contribution in [0.1, 0.15) is 60.9 Å². The van der Waals surface area contributed by atoms with Crippen molar-refractivity contribution >= 4 is 29.1 Å². The molecule has 170 valence electrons. The summed E-state index contributed by atoms with van der Waals surface area (Å²) >= 11 is 5.89. The number of nitrogens with one attached hydrogen (secondary N) is 2. The maximum atomic E-state index is 12.6. The van der Waals surface area contributed by atoms with E-state index in [9.17, 15) is 9.59 Å². The number of carbonyl (C=O) groups is 2. The van der Waals surface area contributed by atoms with E-state index in [2.05, 4.69) is 20.5 Å². The largest absolute Gasteiger partial charge is 0.353 e. The highest BCUT2D eigenvalue weighted by atomic mass is 35.5. The predicted octanol–water partition coefficient (Wildman–Crippen LogP) is 4.65. The number of rotatable bonds is 6. The number of halogens is 1. The lowest BCUT2D eigenvalue weighted by Gasteiger charge is -2.32. The summed E-state index contributed by atoms with van der Waals surface area (Å²) < 4.78 is 0. The van der Waals surface area contributed by atoms with Crippen LogP contribution in [0.2, 0.25) is 5.02 Å². The quantitative estimate of drug-likeness (QED) is 0.666. The average Bonchev–Trinajstić information content (AvgIpc) is 2.81. The van der Waals surface area contributed by atoms with Gasteiger partial charge in [0.25, 0.3) is 5.91 Å². The Balaban J connectivity index is 1.25. The van der Waals surface area contributed by atoms with E-state index < -0.39 is 0 Å². The van der Waals surface area contributed by atoms with Gasteiger partial charge in [-0.3, -0.25) is 19.5 Å². The van der Waals surface area contributed by atoms with Crippen LogP contribution in [0.5, 0.6) is 0 Å². The van der Waals surface area contributed by atoms with Gasteiger partial charge in [-0.2, -0.15) is 0 Å². The molecule has 0 unspecified atom stereocenters. The van der Waals surface area contributed by atoms with Crippen molar-refractivity contribution < 1.29 is 9.59 Å². The molecule has 1 aromatic heterocycles. The van der Waals surface area contributed by atoms with Crippen molar-refractivity contribution in [1.82, 2.24) is 15.2 Å². The van der Waals surface area contributed by atoms with Gasteiger partial charge in [-0.15, -0.1) is 0 Å². The minimum atomic E-state index is -0.189. The molecule has 6 nitrogen and oxygen atoms in total. The zero-order valence-corrected chi connectivity index (χ0v) is 19.1. The summed E-state index contributed by atoms with van der Waals surface area (Å²) in [6.45, 7) is 2.54. The van der Waals surface area contributed by atoms with E-state index in [-0.39, 0.29) is 17.7 Å². The molecule has 0 bridgehead atoms. The summed E-state index contributed by atoms with van der Waals surface area (Å²) in [7, 11) is 0. The zero-order chi connectivity index (χ0) is 22.3. The van der Waals surface area contributed by atoms with E-state index >= 15 is 0 Å². The second-order valence-electron chi connectivity index (χ2n) is 8.94. The van der Waals surface area contributed by atoms with Gasteiger partial charge in [0.05, 0.1) is 11.9 Å². The Kier molecular flexibility index (Phi) is 7.76. The van der Waals surface area contributed by atoms with Crippen LogP contribution in [0.25, 0.3) is 0 Å². The molecule has 7 heteroatoms. The highest BCUT2D eigenvalue weighted by Crippen LogP contribution is 2.22. The van der Waals surface area contributed by atoms with Gasteiger partial charge in [0.15, 0.2) is 0 Å². The third-order valence-electron chi connectivity index (χ3n) is 6.48. The van der Waals surface area contributed by atoms with Crippen LogP contribution in [-0.2, 0) is 11.3 Å². The molecule has 4 rings (SSSR count). The number of aromatic nitrogens is 1. The number of anilines is 1. The standard InChI is InChI=1S/C25H31ClN4O2/c26-21-8-6-19(7-9-21)24(31)29-23-14-18(15-27-16-23)17-30-12-10-20(11-13-30)25(32)28-22-4-2-1-3-5-22/h6-9,14-16,20,22H,1-5,10-13,17H2,(H,28,32)(H,29,31). The van der Waals surface area contributed by atoms with Crippen LogP contribution in [0.4, 0.5) is 5.69 Å². The highest BCUT2D eigenvalue weighted by Gasteiger charge is 2.27. The maximum absolute atomic E-state index is 12.6. The summed E-state index contributed by atoms with van der Waals surface area (Å²) in [5.41, 5.74) is 2.27. The number of likely N-dealkylation sites (tertiary alicyclic amines) is 1. The molecule has 2 heterocycles. The van der Waals surface area contributed by atoms with Crippen molar-refractivity contribution in [3.05, 3.63) is 58.9 Å². The summed E-state index contributed by atoms with van der Waals surface area (Å²) in [4.78, 5) is 31.7. The van der Waals surface area contributed by atoms with Gasteiger partial charge in [0.1, 0.15) is 0 Å². The molecule has 0 atom stereocenters. The molecule has 2 N–H and O–H groups in total. The smallest absolute Gasteiger partial charge is 0.255 e. The molecular weight excluding hydrogens is 424 g/mol. The number of pyridine rings is 1. The predicted molar refractivity (Wildman–Crippen MR) is 127 cm³/mol. The first kappa shape index (κ1) is 22.7. The SMILES string of the molecule is O=C(Nc1cncc(CN2CCC(C(=O)NC3CCCCC3)CC2)c1)c1ccc(Cl)cc1. The van der Waals surface area contributed by atoms with Crippen LogP contribution >= 0.6 is 11.6 Å². The molecule has 2 aromatic rings. The molecule has 1 aliphatic carbocycles. The molecule has 1 saturated carbocycles. The third-order valence-corrected chi connectivity index (χ3v) is 6.73. The van der Waals surface area contributed by atoms with Crippen molar-refractivity contribution in [2.45, 2.75) is 57.5 Å². The summed E-state index contributed by atoms with van der Waals surface area (Å²) in [5.74, 6) is 0.173. The Bertz CT molecular complexity index is 920. The minimum absolute atomic E-state index is 0.122. The van der Waals surface area contributed by atoms with Gasteiger partial charge >= 0.3 is 0 Å². The van der Waals surface area contributed by atoms with Gasteiger partial charge in [-0.1, -0.05) is 30.9 Å². The average molecular weight is 455 g/mol.